The molecule has 1 saturated heterocycles. The number of sulfonamides is 1. The van der Waals surface area contributed by atoms with Crippen LogP contribution in [0.1, 0.15) is 21.6 Å². The van der Waals surface area contributed by atoms with Crippen LogP contribution < -0.4 is 5.32 Å². The van der Waals surface area contributed by atoms with Crippen LogP contribution in [0.5, 0.6) is 0 Å². The lowest BCUT2D eigenvalue weighted by molar-refractivity contribution is 0.0730. The van der Waals surface area contributed by atoms with E-state index in [0.717, 1.165) is 0 Å². The van der Waals surface area contributed by atoms with Crippen LogP contribution in [0.15, 0.2) is 53.4 Å². The maximum Gasteiger partial charge on any atom is 0.256 e. The van der Waals surface area contributed by atoms with Gasteiger partial charge in [0.1, 0.15) is 5.82 Å². The van der Waals surface area contributed by atoms with Gasteiger partial charge in [0.15, 0.2) is 9.84 Å². The van der Waals surface area contributed by atoms with Crippen LogP contribution in [0.2, 0.25) is 5.02 Å². The number of carbonyl (C=O) groups excluding carboxylic acids is 1. The molecule has 13 heteroatoms. The normalized spacial score (nSPS) is 17.7. The Bertz CT molecular complexity index is 1510. The zero-order chi connectivity index (χ0) is 24.8. The minimum atomic E-state index is -3.69. The number of morpholine rings is 1. The molecule has 1 fully saturated rings. The Morgan fingerprint density at radius 3 is 2.46 bits per heavy atom. The highest BCUT2D eigenvalue weighted by Gasteiger charge is 2.33. The molecule has 2 aliphatic rings. The third-order valence-corrected chi connectivity index (χ3v) is 9.39. The second kappa shape index (κ2) is 9.03. The SMILES string of the molecule is O=C(Nc1c2c(nn1-c1cccc(Cl)c1)CS(=O)(=O)C2)c1ccc(S(=O)(=O)N2CCOCC2)cc1. The second-order valence-corrected chi connectivity index (χ2v) is 12.6. The number of amides is 1. The predicted molar refractivity (Wildman–Crippen MR) is 129 cm³/mol. The fourth-order valence-corrected chi connectivity index (χ4v) is 7.15. The number of carbonyl (C=O) groups is 1. The number of benzene rings is 2. The fourth-order valence-electron chi connectivity index (χ4n) is 4.06. The minimum absolute atomic E-state index is 0.0758. The van der Waals surface area contributed by atoms with Crippen molar-refractivity contribution in [3.05, 3.63) is 70.4 Å². The number of hydrogen-bond acceptors (Lipinski definition) is 7. The number of sulfone groups is 1. The third kappa shape index (κ3) is 4.71. The maximum atomic E-state index is 13.1. The molecule has 0 bridgehead atoms. The smallest absolute Gasteiger partial charge is 0.256 e. The van der Waals surface area contributed by atoms with Crippen LogP contribution in [-0.2, 0) is 36.1 Å². The summed E-state index contributed by atoms with van der Waals surface area (Å²) in [4.78, 5) is 13.2. The van der Waals surface area contributed by atoms with Crippen LogP contribution in [0.4, 0.5) is 5.82 Å². The Hall–Kier alpha value is -2.77. The quantitative estimate of drug-likeness (QED) is 0.529. The van der Waals surface area contributed by atoms with Crippen molar-refractivity contribution in [1.29, 1.82) is 0 Å². The van der Waals surface area contributed by atoms with Gasteiger partial charge >= 0.3 is 0 Å². The third-order valence-electron chi connectivity index (χ3n) is 5.80. The average molecular weight is 537 g/mol. The summed E-state index contributed by atoms with van der Waals surface area (Å²) in [6, 6.07) is 12.4. The molecule has 1 N–H and O–H groups in total. The van der Waals surface area contributed by atoms with Gasteiger partial charge in [-0.2, -0.15) is 9.40 Å². The lowest BCUT2D eigenvalue weighted by Crippen LogP contribution is -2.40. The number of aromatic nitrogens is 2. The number of hydrogen-bond donors (Lipinski definition) is 1. The van der Waals surface area contributed by atoms with E-state index in [4.69, 9.17) is 16.3 Å². The van der Waals surface area contributed by atoms with Crippen molar-refractivity contribution in [2.24, 2.45) is 0 Å². The highest BCUT2D eigenvalue weighted by atomic mass is 35.5. The van der Waals surface area contributed by atoms with E-state index in [-0.39, 0.29) is 40.9 Å². The number of ether oxygens (including phenoxy) is 1. The van der Waals surface area contributed by atoms with Crippen LogP contribution in [0, 0.1) is 0 Å². The van der Waals surface area contributed by atoms with E-state index in [2.05, 4.69) is 10.4 Å². The Kier molecular flexibility index (Phi) is 6.18. The molecule has 0 unspecified atom stereocenters. The molecular formula is C22H21ClN4O6S2. The topological polar surface area (TPSA) is 128 Å². The van der Waals surface area contributed by atoms with E-state index >= 15 is 0 Å². The molecule has 35 heavy (non-hydrogen) atoms. The summed E-state index contributed by atoms with van der Waals surface area (Å²) < 4.78 is 58.0. The molecule has 0 saturated carbocycles. The average Bonchev–Trinajstić information content (AvgIpc) is 3.32. The van der Waals surface area contributed by atoms with Gasteiger partial charge in [0, 0.05) is 29.2 Å². The highest BCUT2D eigenvalue weighted by molar-refractivity contribution is 7.90. The minimum Gasteiger partial charge on any atom is -0.379 e. The van der Waals surface area contributed by atoms with Crippen LogP contribution in [0.25, 0.3) is 5.69 Å². The summed E-state index contributed by atoms with van der Waals surface area (Å²) in [5.74, 6) is -0.754. The zero-order valence-corrected chi connectivity index (χ0v) is 20.7. The van der Waals surface area contributed by atoms with Crippen molar-refractivity contribution in [1.82, 2.24) is 14.1 Å². The summed E-state index contributed by atoms with van der Waals surface area (Å²) in [7, 11) is -7.05. The first kappa shape index (κ1) is 23.9. The molecule has 184 valence electrons. The van der Waals surface area contributed by atoms with Crippen LogP contribution in [0.3, 0.4) is 0 Å². The van der Waals surface area contributed by atoms with Crippen LogP contribution in [-0.4, -0.2) is 63.1 Å². The van der Waals surface area contributed by atoms with Gasteiger partial charge in [-0.05, 0) is 42.5 Å². The summed E-state index contributed by atoms with van der Waals surface area (Å²) in [6.07, 6.45) is 0. The van der Waals surface area contributed by atoms with Gasteiger partial charge in [-0.15, -0.1) is 0 Å². The van der Waals surface area contributed by atoms with Crippen molar-refractivity contribution in [2.45, 2.75) is 16.4 Å². The molecular weight excluding hydrogens is 516 g/mol. The van der Waals surface area contributed by atoms with Gasteiger partial charge in [-0.3, -0.25) is 4.79 Å². The number of nitrogens with one attached hydrogen (secondary N) is 1. The first-order chi connectivity index (χ1) is 16.6. The van der Waals surface area contributed by atoms with Crippen molar-refractivity contribution < 1.29 is 26.4 Å². The van der Waals surface area contributed by atoms with Crippen molar-refractivity contribution in [3.63, 3.8) is 0 Å². The summed E-state index contributed by atoms with van der Waals surface area (Å²) >= 11 is 6.11. The van der Waals surface area contributed by atoms with Crippen LogP contribution >= 0.6 is 11.6 Å². The van der Waals surface area contributed by atoms with Gasteiger partial charge in [0.25, 0.3) is 5.91 Å². The van der Waals surface area contributed by atoms with E-state index < -0.39 is 25.8 Å². The van der Waals surface area contributed by atoms with Gasteiger partial charge in [0.05, 0.1) is 41.0 Å². The molecule has 2 aromatic carbocycles. The van der Waals surface area contributed by atoms with Gasteiger partial charge in [0.2, 0.25) is 10.0 Å². The van der Waals surface area contributed by atoms with Gasteiger partial charge < -0.3 is 10.1 Å². The largest absolute Gasteiger partial charge is 0.379 e. The van der Waals surface area contributed by atoms with Crippen molar-refractivity contribution >= 4 is 43.2 Å². The lowest BCUT2D eigenvalue weighted by atomic mass is 10.2. The molecule has 5 rings (SSSR count). The number of fused-ring (bicyclic) bond motifs is 1. The molecule has 3 heterocycles. The van der Waals surface area contributed by atoms with E-state index in [0.29, 0.717) is 35.2 Å². The number of anilines is 1. The van der Waals surface area contributed by atoms with Crippen molar-refractivity contribution in [2.75, 3.05) is 31.6 Å². The van der Waals surface area contributed by atoms with Gasteiger partial charge in [-0.25, -0.2) is 21.5 Å². The number of nitrogens with zero attached hydrogens (tertiary/aromatic N) is 3. The first-order valence-electron chi connectivity index (χ1n) is 10.7. The Morgan fingerprint density at radius 1 is 1.06 bits per heavy atom. The molecule has 10 nitrogen and oxygen atoms in total. The fraction of sp³-hybridized carbons (Fsp3) is 0.273. The van der Waals surface area contributed by atoms with E-state index in [1.807, 2.05) is 0 Å². The predicted octanol–water partition coefficient (Wildman–Crippen LogP) is 2.23. The Labute approximate surface area is 207 Å². The molecule has 1 amide bonds. The zero-order valence-electron chi connectivity index (χ0n) is 18.3. The second-order valence-electron chi connectivity index (χ2n) is 8.19. The molecule has 3 aromatic rings. The lowest BCUT2D eigenvalue weighted by Gasteiger charge is -2.26. The Balaban J connectivity index is 1.44. The molecule has 2 aliphatic heterocycles. The molecule has 1 aromatic heterocycles. The molecule has 0 aliphatic carbocycles. The summed E-state index contributed by atoms with van der Waals surface area (Å²) in [5, 5.41) is 7.63. The van der Waals surface area contributed by atoms with E-state index in [9.17, 15) is 21.6 Å². The molecule has 0 spiro atoms. The standard InChI is InChI=1S/C22H21ClN4O6S2/c23-16-2-1-3-17(12-16)27-21(19-13-34(29,30)14-20(19)25-27)24-22(28)15-4-6-18(7-5-15)35(31,32)26-8-10-33-11-9-26/h1-7,12H,8-11,13-14H2,(H,24,28). The molecule has 0 atom stereocenters. The van der Waals surface area contributed by atoms with E-state index in [1.165, 1.54) is 33.3 Å². The number of halogens is 1. The summed E-state index contributed by atoms with van der Waals surface area (Å²) in [5.41, 5.74) is 1.56. The first-order valence-corrected chi connectivity index (χ1v) is 14.3. The number of rotatable bonds is 5. The molecule has 0 radical (unpaired) electrons. The monoisotopic (exact) mass is 536 g/mol. The van der Waals surface area contributed by atoms with E-state index in [1.54, 1.807) is 24.3 Å². The van der Waals surface area contributed by atoms with Gasteiger partial charge in [-0.1, -0.05) is 17.7 Å². The Morgan fingerprint density at radius 2 is 1.77 bits per heavy atom. The maximum absolute atomic E-state index is 13.1. The highest BCUT2D eigenvalue weighted by Crippen LogP contribution is 2.33. The van der Waals surface area contributed by atoms with Crippen molar-refractivity contribution in [3.8, 4) is 5.69 Å². The summed E-state index contributed by atoms with van der Waals surface area (Å²) in [6.45, 7) is 1.21.